The second-order valence-electron chi connectivity index (χ2n) is 2.50. The van der Waals surface area contributed by atoms with E-state index in [9.17, 15) is 4.79 Å². The maximum atomic E-state index is 10.6. The van der Waals surface area contributed by atoms with Crippen LogP contribution in [0.1, 0.15) is 10.4 Å². The van der Waals surface area contributed by atoms with Gasteiger partial charge in [0, 0.05) is 24.2 Å². The molecule has 2 aromatic heterocycles. The maximum Gasteiger partial charge on any atom is 0.156 e. The van der Waals surface area contributed by atoms with Gasteiger partial charge in [0.05, 0.1) is 0 Å². The molecule has 0 radical (unpaired) electrons. The number of imidazole rings is 1. The van der Waals surface area contributed by atoms with Crippen LogP contribution in [0.2, 0.25) is 0 Å². The van der Waals surface area contributed by atoms with Gasteiger partial charge in [-0.2, -0.15) is 0 Å². The van der Waals surface area contributed by atoms with Gasteiger partial charge in [0.2, 0.25) is 0 Å². The summed E-state index contributed by atoms with van der Waals surface area (Å²) in [6.07, 6.45) is 5.72. The van der Waals surface area contributed by atoms with Crippen molar-refractivity contribution in [1.82, 2.24) is 15.0 Å². The Morgan fingerprint density at radius 3 is 2.92 bits per heavy atom. The Balaban J connectivity index is 2.57. The quantitative estimate of drug-likeness (QED) is 0.696. The zero-order chi connectivity index (χ0) is 9.10. The Hall–Kier alpha value is -1.97. The molecular formula is C9H7N3O. The molecule has 2 aromatic rings. The molecule has 0 fully saturated rings. The lowest BCUT2D eigenvalue weighted by Gasteiger charge is -1.97. The third-order valence-corrected chi connectivity index (χ3v) is 1.69. The van der Waals surface area contributed by atoms with Crippen molar-refractivity contribution in [3.05, 3.63) is 36.3 Å². The number of nitrogens with zero attached hydrogens (tertiary/aromatic N) is 2. The molecule has 0 spiro atoms. The Morgan fingerprint density at radius 1 is 1.31 bits per heavy atom. The molecule has 4 heteroatoms. The fourth-order valence-corrected chi connectivity index (χ4v) is 1.11. The largest absolute Gasteiger partial charge is 0.343 e. The fraction of sp³-hybridized carbons (Fsp3) is 0. The van der Waals surface area contributed by atoms with Crippen LogP contribution in [0.3, 0.4) is 0 Å². The normalized spacial score (nSPS) is 9.85. The standard InChI is InChI=1S/C9H7N3O/c13-6-7-2-1-3-10-8(7)9-11-4-5-12-9/h1-6H,(H,11,12). The molecule has 0 aromatic carbocycles. The molecule has 0 aliphatic carbocycles. The van der Waals surface area contributed by atoms with Crippen LogP contribution in [-0.4, -0.2) is 21.2 Å². The van der Waals surface area contributed by atoms with Crippen LogP contribution in [-0.2, 0) is 0 Å². The van der Waals surface area contributed by atoms with Crippen LogP contribution in [0.25, 0.3) is 11.5 Å². The van der Waals surface area contributed by atoms with E-state index in [1.165, 1.54) is 0 Å². The fourth-order valence-electron chi connectivity index (χ4n) is 1.11. The molecule has 2 heterocycles. The molecule has 2 rings (SSSR count). The average molecular weight is 173 g/mol. The summed E-state index contributed by atoms with van der Waals surface area (Å²) in [6.45, 7) is 0. The minimum Gasteiger partial charge on any atom is -0.343 e. The number of aldehydes is 1. The molecule has 0 aliphatic rings. The van der Waals surface area contributed by atoms with Gasteiger partial charge in [-0.3, -0.25) is 9.78 Å². The van der Waals surface area contributed by atoms with E-state index >= 15 is 0 Å². The smallest absolute Gasteiger partial charge is 0.156 e. The number of H-pyrrole nitrogens is 1. The Kier molecular flexibility index (Phi) is 1.88. The van der Waals surface area contributed by atoms with E-state index in [0.29, 0.717) is 17.1 Å². The number of hydrogen-bond donors (Lipinski definition) is 1. The highest BCUT2D eigenvalue weighted by molar-refractivity contribution is 5.83. The minimum absolute atomic E-state index is 0.539. The summed E-state index contributed by atoms with van der Waals surface area (Å²) in [6, 6.07) is 3.42. The van der Waals surface area contributed by atoms with Crippen molar-refractivity contribution in [2.75, 3.05) is 0 Å². The molecule has 13 heavy (non-hydrogen) atoms. The molecule has 0 amide bonds. The van der Waals surface area contributed by atoms with Crippen molar-refractivity contribution >= 4 is 6.29 Å². The van der Waals surface area contributed by atoms with Crippen LogP contribution in [0.4, 0.5) is 0 Å². The number of carbonyl (C=O) groups excluding carboxylic acids is 1. The second-order valence-corrected chi connectivity index (χ2v) is 2.50. The molecule has 0 unspecified atom stereocenters. The summed E-state index contributed by atoms with van der Waals surface area (Å²) in [4.78, 5) is 21.6. The molecular weight excluding hydrogens is 166 g/mol. The van der Waals surface area contributed by atoms with Gasteiger partial charge < -0.3 is 4.98 Å². The highest BCUT2D eigenvalue weighted by Gasteiger charge is 2.06. The Bertz CT molecular complexity index is 409. The number of aromatic amines is 1. The van der Waals surface area contributed by atoms with Crippen molar-refractivity contribution in [3.8, 4) is 11.5 Å². The zero-order valence-corrected chi connectivity index (χ0v) is 6.77. The van der Waals surface area contributed by atoms with Crippen LogP contribution in [0.5, 0.6) is 0 Å². The first-order chi connectivity index (χ1) is 6.42. The van der Waals surface area contributed by atoms with Gasteiger partial charge in [0.25, 0.3) is 0 Å². The highest BCUT2D eigenvalue weighted by Crippen LogP contribution is 2.14. The third kappa shape index (κ3) is 1.33. The summed E-state index contributed by atoms with van der Waals surface area (Å²) >= 11 is 0. The molecule has 0 bridgehead atoms. The lowest BCUT2D eigenvalue weighted by atomic mass is 10.2. The van der Waals surface area contributed by atoms with Crippen LogP contribution in [0.15, 0.2) is 30.7 Å². The van der Waals surface area contributed by atoms with E-state index in [1.807, 2.05) is 0 Å². The van der Waals surface area contributed by atoms with Gasteiger partial charge in [-0.15, -0.1) is 0 Å². The topological polar surface area (TPSA) is 58.6 Å². The second kappa shape index (κ2) is 3.18. The van der Waals surface area contributed by atoms with Crippen molar-refractivity contribution in [2.45, 2.75) is 0 Å². The van der Waals surface area contributed by atoms with Crippen molar-refractivity contribution in [2.24, 2.45) is 0 Å². The monoisotopic (exact) mass is 173 g/mol. The zero-order valence-electron chi connectivity index (χ0n) is 6.77. The lowest BCUT2D eigenvalue weighted by Crippen LogP contribution is -1.91. The number of aromatic nitrogens is 3. The highest BCUT2D eigenvalue weighted by atomic mass is 16.1. The van der Waals surface area contributed by atoms with E-state index in [-0.39, 0.29) is 0 Å². The average Bonchev–Trinajstić information content (AvgIpc) is 2.70. The van der Waals surface area contributed by atoms with Crippen molar-refractivity contribution < 1.29 is 4.79 Å². The lowest BCUT2D eigenvalue weighted by molar-refractivity contribution is 0.112. The SMILES string of the molecule is O=Cc1cccnc1-c1ncc[nH]1. The summed E-state index contributed by atoms with van der Waals surface area (Å²) in [7, 11) is 0. The van der Waals surface area contributed by atoms with Gasteiger partial charge >= 0.3 is 0 Å². The number of carbonyl (C=O) groups is 1. The summed E-state index contributed by atoms with van der Waals surface area (Å²) in [5.41, 5.74) is 1.12. The number of nitrogens with one attached hydrogen (secondary N) is 1. The number of hydrogen-bond acceptors (Lipinski definition) is 3. The van der Waals surface area contributed by atoms with Gasteiger partial charge in [-0.05, 0) is 12.1 Å². The molecule has 64 valence electrons. The van der Waals surface area contributed by atoms with Crippen LogP contribution >= 0.6 is 0 Å². The van der Waals surface area contributed by atoms with Crippen molar-refractivity contribution in [3.63, 3.8) is 0 Å². The molecule has 0 saturated heterocycles. The third-order valence-electron chi connectivity index (χ3n) is 1.69. The van der Waals surface area contributed by atoms with Gasteiger partial charge in [-0.1, -0.05) is 0 Å². The maximum absolute atomic E-state index is 10.6. The minimum atomic E-state index is 0.539. The first kappa shape index (κ1) is 7.67. The van der Waals surface area contributed by atoms with E-state index in [4.69, 9.17) is 0 Å². The number of pyridine rings is 1. The van der Waals surface area contributed by atoms with Gasteiger partial charge in [0.15, 0.2) is 12.1 Å². The molecule has 1 N–H and O–H groups in total. The van der Waals surface area contributed by atoms with E-state index in [1.54, 1.807) is 30.7 Å². The first-order valence-corrected chi connectivity index (χ1v) is 3.82. The van der Waals surface area contributed by atoms with Gasteiger partial charge in [0.1, 0.15) is 5.69 Å². The summed E-state index contributed by atoms with van der Waals surface area (Å²) < 4.78 is 0. The molecule has 0 aliphatic heterocycles. The predicted molar refractivity (Wildman–Crippen MR) is 47.2 cm³/mol. The Labute approximate surface area is 74.7 Å². The molecule has 4 nitrogen and oxygen atoms in total. The number of rotatable bonds is 2. The van der Waals surface area contributed by atoms with Crippen LogP contribution < -0.4 is 0 Å². The first-order valence-electron chi connectivity index (χ1n) is 3.82. The van der Waals surface area contributed by atoms with Gasteiger partial charge in [-0.25, -0.2) is 4.98 Å². The molecule has 0 atom stereocenters. The molecule has 0 saturated carbocycles. The van der Waals surface area contributed by atoms with E-state index < -0.39 is 0 Å². The summed E-state index contributed by atoms with van der Waals surface area (Å²) in [5, 5.41) is 0. The predicted octanol–water partition coefficient (Wildman–Crippen LogP) is 1.28. The van der Waals surface area contributed by atoms with E-state index in [0.717, 1.165) is 6.29 Å². The van der Waals surface area contributed by atoms with E-state index in [2.05, 4.69) is 15.0 Å². The van der Waals surface area contributed by atoms with Crippen LogP contribution in [0, 0.1) is 0 Å². The summed E-state index contributed by atoms with van der Waals surface area (Å²) in [5.74, 6) is 0.614. The van der Waals surface area contributed by atoms with Crippen molar-refractivity contribution in [1.29, 1.82) is 0 Å². The Morgan fingerprint density at radius 2 is 2.23 bits per heavy atom.